The Bertz CT molecular complexity index is 280. The van der Waals surface area contributed by atoms with Crippen LogP contribution in [0.25, 0.3) is 0 Å². The molecule has 1 rings (SSSR count). The number of carbonyl (C=O) groups excluding carboxylic acids is 1. The largest absolute Gasteiger partial charge is 0.466 e. The van der Waals surface area contributed by atoms with Crippen LogP contribution in [0.3, 0.4) is 0 Å². The van der Waals surface area contributed by atoms with Gasteiger partial charge in [0.15, 0.2) is 0 Å². The van der Waals surface area contributed by atoms with Gasteiger partial charge in [-0.3, -0.25) is 0 Å². The molecule has 1 aliphatic carbocycles. The van der Waals surface area contributed by atoms with Crippen molar-refractivity contribution in [2.75, 3.05) is 26.5 Å². The van der Waals surface area contributed by atoms with Gasteiger partial charge in [-0.15, -0.1) is 0 Å². The van der Waals surface area contributed by atoms with Crippen LogP contribution in [0.2, 0.25) is 0 Å². The summed E-state index contributed by atoms with van der Waals surface area (Å²) in [6, 6.07) is 0. The topological polar surface area (TPSA) is 38.3 Å². The minimum Gasteiger partial charge on any atom is -0.466 e. The Labute approximate surface area is 108 Å². The summed E-state index contributed by atoms with van der Waals surface area (Å²) in [5.74, 6) is -0.211. The lowest BCUT2D eigenvalue weighted by Gasteiger charge is -2.40. The summed E-state index contributed by atoms with van der Waals surface area (Å²) in [4.78, 5) is 11.3. The van der Waals surface area contributed by atoms with Crippen LogP contribution in [0.1, 0.15) is 32.6 Å². The Hall–Kier alpha value is -0.480. The lowest BCUT2D eigenvalue weighted by atomic mass is 9.84. The Morgan fingerprint density at radius 3 is 2.65 bits per heavy atom. The summed E-state index contributed by atoms with van der Waals surface area (Å²) < 4.78 is 5.17. The first-order chi connectivity index (χ1) is 8.17. The van der Waals surface area contributed by atoms with Gasteiger partial charge in [-0.1, -0.05) is 19.4 Å². The fourth-order valence-corrected chi connectivity index (χ4v) is 2.97. The molecule has 4 heteroatoms. The SMILES string of the molecule is CCC(=CCNCC1(SC)CCC1)C(=O)OC. The monoisotopic (exact) mass is 257 g/mol. The van der Waals surface area contributed by atoms with Crippen LogP contribution >= 0.6 is 11.8 Å². The van der Waals surface area contributed by atoms with Crippen molar-refractivity contribution in [3.63, 3.8) is 0 Å². The highest BCUT2D eigenvalue weighted by molar-refractivity contribution is 8.00. The van der Waals surface area contributed by atoms with E-state index < -0.39 is 0 Å². The summed E-state index contributed by atoms with van der Waals surface area (Å²) in [5.41, 5.74) is 0.756. The zero-order valence-corrected chi connectivity index (χ0v) is 11.9. The van der Waals surface area contributed by atoms with E-state index in [9.17, 15) is 4.79 Å². The van der Waals surface area contributed by atoms with Gasteiger partial charge in [0.1, 0.15) is 0 Å². The zero-order chi connectivity index (χ0) is 12.7. The van der Waals surface area contributed by atoms with Gasteiger partial charge in [-0.25, -0.2) is 4.79 Å². The zero-order valence-electron chi connectivity index (χ0n) is 11.0. The maximum atomic E-state index is 11.3. The maximum Gasteiger partial charge on any atom is 0.333 e. The summed E-state index contributed by atoms with van der Waals surface area (Å²) in [6.45, 7) is 3.75. The van der Waals surface area contributed by atoms with Crippen molar-refractivity contribution in [1.29, 1.82) is 0 Å². The Balaban J connectivity index is 2.30. The summed E-state index contributed by atoms with van der Waals surface area (Å²) >= 11 is 1.96. The van der Waals surface area contributed by atoms with Crippen molar-refractivity contribution < 1.29 is 9.53 Å². The third-order valence-corrected chi connectivity index (χ3v) is 4.88. The highest BCUT2D eigenvalue weighted by atomic mass is 32.2. The van der Waals surface area contributed by atoms with E-state index in [4.69, 9.17) is 4.74 Å². The molecule has 0 spiro atoms. The van der Waals surface area contributed by atoms with Gasteiger partial charge in [0.05, 0.1) is 7.11 Å². The molecule has 1 saturated carbocycles. The standard InChI is InChI=1S/C13H23NO2S/c1-4-11(12(15)16-2)6-9-14-10-13(17-3)7-5-8-13/h6,14H,4-5,7-10H2,1-3H3. The molecular formula is C13H23NO2S. The van der Waals surface area contributed by atoms with Crippen molar-refractivity contribution in [1.82, 2.24) is 5.32 Å². The number of methoxy groups -OCH3 is 1. The average molecular weight is 257 g/mol. The molecule has 1 fully saturated rings. The smallest absolute Gasteiger partial charge is 0.333 e. The van der Waals surface area contributed by atoms with Gasteiger partial charge in [0, 0.05) is 23.4 Å². The lowest BCUT2D eigenvalue weighted by Crippen LogP contribution is -2.43. The Morgan fingerprint density at radius 1 is 1.53 bits per heavy atom. The summed E-state index contributed by atoms with van der Waals surface area (Å²) in [5, 5.41) is 3.42. The second kappa shape index (κ2) is 7.07. The van der Waals surface area contributed by atoms with Crippen LogP contribution in [0.5, 0.6) is 0 Å². The van der Waals surface area contributed by atoms with Crippen molar-refractivity contribution >= 4 is 17.7 Å². The van der Waals surface area contributed by atoms with Crippen molar-refractivity contribution in [2.45, 2.75) is 37.4 Å². The third-order valence-electron chi connectivity index (χ3n) is 3.47. The third kappa shape index (κ3) is 4.03. The molecule has 0 aromatic carbocycles. The van der Waals surface area contributed by atoms with Crippen LogP contribution in [-0.4, -0.2) is 37.2 Å². The first kappa shape index (κ1) is 14.6. The fourth-order valence-electron chi connectivity index (χ4n) is 2.02. The van der Waals surface area contributed by atoms with E-state index in [-0.39, 0.29) is 5.97 Å². The number of hydrogen-bond acceptors (Lipinski definition) is 4. The molecule has 98 valence electrons. The molecule has 0 aliphatic heterocycles. The van der Waals surface area contributed by atoms with E-state index in [0.717, 1.165) is 25.1 Å². The second-order valence-electron chi connectivity index (χ2n) is 4.45. The molecule has 0 amide bonds. The lowest BCUT2D eigenvalue weighted by molar-refractivity contribution is -0.136. The van der Waals surface area contributed by atoms with Gasteiger partial charge in [-0.2, -0.15) is 11.8 Å². The predicted octanol–water partition coefficient (Wildman–Crippen LogP) is 2.37. The molecule has 0 unspecified atom stereocenters. The van der Waals surface area contributed by atoms with E-state index in [1.165, 1.54) is 26.4 Å². The minimum atomic E-state index is -0.211. The Morgan fingerprint density at radius 2 is 2.24 bits per heavy atom. The molecule has 3 nitrogen and oxygen atoms in total. The number of nitrogens with one attached hydrogen (secondary N) is 1. The average Bonchev–Trinajstić information content (AvgIpc) is 2.31. The minimum absolute atomic E-state index is 0.211. The van der Waals surface area contributed by atoms with Gasteiger partial charge in [-0.05, 0) is 25.5 Å². The first-order valence-electron chi connectivity index (χ1n) is 6.20. The van der Waals surface area contributed by atoms with Gasteiger partial charge in [0.25, 0.3) is 0 Å². The molecule has 0 atom stereocenters. The molecule has 1 N–H and O–H groups in total. The van der Waals surface area contributed by atoms with Crippen LogP contribution < -0.4 is 5.32 Å². The van der Waals surface area contributed by atoms with Crippen LogP contribution in [0, 0.1) is 0 Å². The summed E-state index contributed by atoms with van der Waals surface area (Å²) in [6.07, 6.45) is 8.81. The van der Waals surface area contributed by atoms with Crippen LogP contribution in [0.15, 0.2) is 11.6 Å². The molecule has 0 radical (unpaired) electrons. The van der Waals surface area contributed by atoms with Crippen LogP contribution in [0.4, 0.5) is 0 Å². The maximum absolute atomic E-state index is 11.3. The van der Waals surface area contributed by atoms with E-state index in [1.54, 1.807) is 0 Å². The number of carbonyl (C=O) groups is 1. The first-order valence-corrected chi connectivity index (χ1v) is 7.43. The van der Waals surface area contributed by atoms with Gasteiger partial charge >= 0.3 is 5.97 Å². The quantitative estimate of drug-likeness (QED) is 0.432. The molecule has 1 aliphatic rings. The van der Waals surface area contributed by atoms with Crippen molar-refractivity contribution in [2.24, 2.45) is 0 Å². The number of rotatable bonds is 7. The van der Waals surface area contributed by atoms with Gasteiger partial charge in [0.2, 0.25) is 0 Å². The molecule has 0 aromatic heterocycles. The van der Waals surface area contributed by atoms with E-state index in [0.29, 0.717) is 4.75 Å². The number of thioether (sulfide) groups is 1. The highest BCUT2D eigenvalue weighted by Gasteiger charge is 2.35. The van der Waals surface area contributed by atoms with E-state index in [2.05, 4.69) is 11.6 Å². The fraction of sp³-hybridized carbons (Fsp3) is 0.769. The van der Waals surface area contributed by atoms with Crippen molar-refractivity contribution in [3.8, 4) is 0 Å². The molecular weight excluding hydrogens is 234 g/mol. The van der Waals surface area contributed by atoms with Gasteiger partial charge < -0.3 is 10.1 Å². The molecule has 0 bridgehead atoms. The van der Waals surface area contributed by atoms with Crippen molar-refractivity contribution in [3.05, 3.63) is 11.6 Å². The molecule has 0 aromatic rings. The molecule has 17 heavy (non-hydrogen) atoms. The predicted molar refractivity (Wildman–Crippen MR) is 73.4 cm³/mol. The number of ether oxygens (including phenoxy) is 1. The summed E-state index contributed by atoms with van der Waals surface area (Å²) in [7, 11) is 1.43. The number of esters is 1. The number of hydrogen-bond donors (Lipinski definition) is 1. The van der Waals surface area contributed by atoms with Crippen LogP contribution in [-0.2, 0) is 9.53 Å². The van der Waals surface area contributed by atoms with E-state index >= 15 is 0 Å². The Kier molecular flexibility index (Phi) is 6.06. The normalized spacial score (nSPS) is 18.6. The highest BCUT2D eigenvalue weighted by Crippen LogP contribution is 2.42. The molecule has 0 heterocycles. The second-order valence-corrected chi connectivity index (χ2v) is 5.72. The van der Waals surface area contributed by atoms with E-state index in [1.807, 2.05) is 24.8 Å². The molecule has 0 saturated heterocycles.